The molecule has 4 rings (SSSR count). The molecule has 0 aliphatic rings. The molecule has 4 aromatic rings. The Labute approximate surface area is 218 Å². The van der Waals surface area contributed by atoms with Gasteiger partial charge in [0.25, 0.3) is 11.8 Å². The van der Waals surface area contributed by atoms with Gasteiger partial charge in [-0.1, -0.05) is 18.2 Å². The minimum absolute atomic E-state index is 0.0295. The van der Waals surface area contributed by atoms with Crippen molar-refractivity contribution in [2.24, 2.45) is 0 Å². The first-order chi connectivity index (χ1) is 18.1. The fraction of sp³-hybridized carbons (Fsp3) is 0.111. The van der Waals surface area contributed by atoms with E-state index in [2.05, 4.69) is 15.5 Å². The van der Waals surface area contributed by atoms with E-state index in [-0.39, 0.29) is 39.1 Å². The lowest BCUT2D eigenvalue weighted by atomic mass is 10.0. The summed E-state index contributed by atoms with van der Waals surface area (Å²) in [6.07, 6.45) is 1.28. The zero-order valence-electron chi connectivity index (χ0n) is 20.6. The van der Waals surface area contributed by atoms with Gasteiger partial charge in [-0.3, -0.25) is 4.79 Å². The first-order valence-corrected chi connectivity index (χ1v) is 13.1. The predicted molar refractivity (Wildman–Crippen MR) is 139 cm³/mol. The Morgan fingerprint density at radius 3 is 2.53 bits per heavy atom. The number of anilines is 1. The molecule has 1 unspecified atom stereocenters. The van der Waals surface area contributed by atoms with Crippen LogP contribution in [0.15, 0.2) is 71.6 Å². The number of aromatic nitrogens is 2. The highest BCUT2D eigenvalue weighted by Crippen LogP contribution is 2.36. The van der Waals surface area contributed by atoms with Gasteiger partial charge in [0.15, 0.2) is 11.5 Å². The summed E-state index contributed by atoms with van der Waals surface area (Å²) < 4.78 is 45.9. The number of rotatable bonds is 7. The molecule has 1 amide bonds. The molecule has 0 fully saturated rings. The second kappa shape index (κ2) is 10.7. The van der Waals surface area contributed by atoms with E-state index in [0.717, 1.165) is 0 Å². The van der Waals surface area contributed by atoms with Crippen molar-refractivity contribution in [1.82, 2.24) is 10.2 Å². The van der Waals surface area contributed by atoms with Gasteiger partial charge in [0.05, 0.1) is 34.2 Å². The van der Waals surface area contributed by atoms with Crippen molar-refractivity contribution in [2.75, 3.05) is 18.7 Å². The summed E-state index contributed by atoms with van der Waals surface area (Å²) in [7, 11) is -1.62. The molecule has 0 radical (unpaired) electrons. The number of benzene rings is 3. The molecule has 1 atom stereocenters. The maximum atomic E-state index is 14.6. The molecule has 0 saturated heterocycles. The number of nitrogens with one attached hydrogen (secondary N) is 2. The topological polar surface area (TPSA) is 138 Å². The molecular weight excluding hydrogens is 509 g/mol. The van der Waals surface area contributed by atoms with E-state index in [0.29, 0.717) is 16.8 Å². The first kappa shape index (κ1) is 26.2. The van der Waals surface area contributed by atoms with Gasteiger partial charge in [0, 0.05) is 28.5 Å². The third kappa shape index (κ3) is 5.45. The number of amides is 1. The predicted octanol–water partition coefficient (Wildman–Crippen LogP) is 5.55. The Morgan fingerprint density at radius 2 is 1.84 bits per heavy atom. The van der Waals surface area contributed by atoms with Crippen LogP contribution in [0.25, 0.3) is 11.3 Å². The van der Waals surface area contributed by atoms with Gasteiger partial charge in [0.1, 0.15) is 11.4 Å². The maximum absolute atomic E-state index is 14.6. The summed E-state index contributed by atoms with van der Waals surface area (Å²) in [5.41, 5.74) is 1.19. The molecule has 1 heterocycles. The van der Waals surface area contributed by atoms with Crippen molar-refractivity contribution in [1.29, 1.82) is 10.0 Å². The second-order valence-electron chi connectivity index (χ2n) is 8.24. The zero-order chi connectivity index (χ0) is 27.4. The number of nitriles is 1. The molecule has 3 aromatic carbocycles. The van der Waals surface area contributed by atoms with Crippen molar-refractivity contribution < 1.29 is 22.9 Å². The molecule has 2 N–H and O–H groups in total. The third-order valence-electron chi connectivity index (χ3n) is 5.58. The summed E-state index contributed by atoms with van der Waals surface area (Å²) in [4.78, 5) is 13.8. The molecule has 0 aliphatic carbocycles. The number of hydrogen-bond donors (Lipinski definition) is 2. The number of carbonyl (C=O) groups is 1. The smallest absolute Gasteiger partial charge is 0.261 e. The van der Waals surface area contributed by atoms with Crippen LogP contribution in [0.3, 0.4) is 0 Å². The molecule has 0 bridgehead atoms. The highest BCUT2D eigenvalue weighted by Gasteiger charge is 2.25. The van der Waals surface area contributed by atoms with Gasteiger partial charge in [-0.15, -0.1) is 10.2 Å². The fourth-order valence-corrected chi connectivity index (χ4v) is 4.37. The van der Waals surface area contributed by atoms with Crippen LogP contribution in [0.1, 0.15) is 21.5 Å². The summed E-state index contributed by atoms with van der Waals surface area (Å²) in [6.45, 7) is 1.59. The zero-order valence-corrected chi connectivity index (χ0v) is 21.4. The van der Waals surface area contributed by atoms with Crippen LogP contribution in [0.4, 0.5) is 10.1 Å². The van der Waals surface area contributed by atoms with Gasteiger partial charge >= 0.3 is 0 Å². The van der Waals surface area contributed by atoms with E-state index < -0.39 is 21.5 Å². The summed E-state index contributed by atoms with van der Waals surface area (Å²) >= 11 is 0. The fourth-order valence-electron chi connectivity index (χ4n) is 3.68. The number of halogens is 1. The van der Waals surface area contributed by atoms with Crippen LogP contribution in [-0.2, 0) is 9.73 Å². The number of methoxy groups -OCH3 is 1. The van der Waals surface area contributed by atoms with Gasteiger partial charge in [-0.25, -0.2) is 13.4 Å². The SMILES string of the molecule is COc1cc(C#N)ccc1Oc1nnc(-c2ccccc2F)c(C)c1C(=O)Nc1cccc(S(C)(=N)=O)c1. The van der Waals surface area contributed by atoms with Crippen molar-refractivity contribution >= 4 is 21.3 Å². The first-order valence-electron chi connectivity index (χ1n) is 11.2. The molecule has 0 aliphatic heterocycles. The minimum Gasteiger partial charge on any atom is -0.493 e. The van der Waals surface area contributed by atoms with E-state index >= 15 is 0 Å². The maximum Gasteiger partial charge on any atom is 0.261 e. The van der Waals surface area contributed by atoms with Crippen LogP contribution < -0.4 is 14.8 Å². The molecule has 38 heavy (non-hydrogen) atoms. The normalized spacial score (nSPS) is 12.2. The molecule has 192 valence electrons. The number of hydrogen-bond acceptors (Lipinski definition) is 8. The van der Waals surface area contributed by atoms with E-state index in [1.165, 1.54) is 61.9 Å². The lowest BCUT2D eigenvalue weighted by molar-refractivity contribution is 0.102. The standard InChI is InChI=1S/C27H22FN5O4S/c1-16-24(26(34)31-18-7-6-8-19(14-18)38(3,30)35)27(33-32-25(16)20-9-4-5-10-21(20)28)37-22-12-11-17(15-29)13-23(22)36-2/h4-14,30H,1-3H3,(H,31,34). The molecule has 11 heteroatoms. The highest BCUT2D eigenvalue weighted by molar-refractivity contribution is 7.91. The van der Waals surface area contributed by atoms with E-state index in [4.69, 9.17) is 14.3 Å². The Balaban J connectivity index is 1.83. The molecule has 0 spiro atoms. The molecular formula is C27H22FN5O4S. The van der Waals surface area contributed by atoms with Crippen LogP contribution in [-0.4, -0.2) is 33.7 Å². The van der Waals surface area contributed by atoms with Crippen LogP contribution >= 0.6 is 0 Å². The highest BCUT2D eigenvalue weighted by atomic mass is 32.2. The second-order valence-corrected chi connectivity index (χ2v) is 10.4. The average molecular weight is 532 g/mol. The Kier molecular flexibility index (Phi) is 7.36. The lowest BCUT2D eigenvalue weighted by Gasteiger charge is -2.16. The van der Waals surface area contributed by atoms with Gasteiger partial charge in [-0.2, -0.15) is 5.26 Å². The van der Waals surface area contributed by atoms with Gasteiger partial charge in [0.2, 0.25) is 0 Å². The van der Waals surface area contributed by atoms with E-state index in [1.807, 2.05) is 6.07 Å². The Morgan fingerprint density at radius 1 is 1.08 bits per heavy atom. The van der Waals surface area contributed by atoms with Crippen molar-refractivity contribution in [3.63, 3.8) is 0 Å². The quantitative estimate of drug-likeness (QED) is 0.319. The van der Waals surface area contributed by atoms with Crippen molar-refractivity contribution in [3.05, 3.63) is 89.2 Å². The van der Waals surface area contributed by atoms with Crippen LogP contribution in [0.2, 0.25) is 0 Å². The summed E-state index contributed by atoms with van der Waals surface area (Å²) in [6, 6.07) is 18.6. The van der Waals surface area contributed by atoms with Crippen LogP contribution in [0.5, 0.6) is 17.4 Å². The van der Waals surface area contributed by atoms with Gasteiger partial charge in [-0.05, 0) is 55.0 Å². The largest absolute Gasteiger partial charge is 0.493 e. The lowest BCUT2D eigenvalue weighted by Crippen LogP contribution is -2.17. The van der Waals surface area contributed by atoms with Gasteiger partial charge < -0.3 is 14.8 Å². The summed E-state index contributed by atoms with van der Waals surface area (Å²) in [5, 5.41) is 20.1. The molecule has 0 saturated carbocycles. The molecule has 9 nitrogen and oxygen atoms in total. The summed E-state index contributed by atoms with van der Waals surface area (Å²) in [5.74, 6) is -0.968. The third-order valence-corrected chi connectivity index (χ3v) is 6.74. The number of nitrogens with zero attached hydrogens (tertiary/aromatic N) is 3. The van der Waals surface area contributed by atoms with Crippen molar-refractivity contribution in [2.45, 2.75) is 11.8 Å². The minimum atomic E-state index is -3.02. The average Bonchev–Trinajstić information content (AvgIpc) is 2.89. The molecule has 1 aromatic heterocycles. The Bertz CT molecular complexity index is 1700. The van der Waals surface area contributed by atoms with E-state index in [9.17, 15) is 18.7 Å². The Hall–Kier alpha value is -4.82. The number of carbonyl (C=O) groups excluding carboxylic acids is 1. The van der Waals surface area contributed by atoms with Crippen molar-refractivity contribution in [3.8, 4) is 34.7 Å². The monoisotopic (exact) mass is 531 g/mol. The van der Waals surface area contributed by atoms with Crippen LogP contribution in [0, 0.1) is 28.9 Å². The van der Waals surface area contributed by atoms with E-state index in [1.54, 1.807) is 25.1 Å². The number of ether oxygens (including phenoxy) is 2.